The third kappa shape index (κ3) is 3.89. The second-order valence-corrected chi connectivity index (χ2v) is 8.90. The van der Waals surface area contributed by atoms with Gasteiger partial charge >= 0.3 is 5.97 Å². The Balaban J connectivity index is 1.81. The minimum Gasteiger partial charge on any atom is -0.497 e. The first-order valence-electron chi connectivity index (χ1n) is 8.51. The van der Waals surface area contributed by atoms with Gasteiger partial charge in [-0.2, -0.15) is 4.31 Å². The Morgan fingerprint density at radius 3 is 2.54 bits per heavy atom. The Morgan fingerprint density at radius 2 is 1.89 bits per heavy atom. The molecule has 1 atom stereocenters. The van der Waals surface area contributed by atoms with Gasteiger partial charge in [0.1, 0.15) is 16.8 Å². The topological polar surface area (TPSA) is 102 Å². The molecule has 3 rings (SSSR count). The average molecular weight is 425 g/mol. The molecule has 1 fully saturated rings. The third-order valence-electron chi connectivity index (χ3n) is 4.48. The molecule has 1 aliphatic rings. The van der Waals surface area contributed by atoms with Crippen molar-refractivity contribution in [3.63, 3.8) is 0 Å². The molecule has 150 valence electrons. The second kappa shape index (κ2) is 8.29. The number of methoxy groups -OCH3 is 2. The summed E-state index contributed by atoms with van der Waals surface area (Å²) in [4.78, 5) is 24.7. The van der Waals surface area contributed by atoms with E-state index in [0.29, 0.717) is 23.6 Å². The van der Waals surface area contributed by atoms with Gasteiger partial charge in [0.15, 0.2) is 0 Å². The van der Waals surface area contributed by atoms with Gasteiger partial charge in [-0.15, -0.1) is 11.3 Å². The van der Waals surface area contributed by atoms with Crippen LogP contribution in [0.3, 0.4) is 0 Å². The third-order valence-corrected chi connectivity index (χ3v) is 7.23. The maximum absolute atomic E-state index is 13.0. The molecule has 1 unspecified atom stereocenters. The zero-order valence-electron chi connectivity index (χ0n) is 15.4. The largest absolute Gasteiger partial charge is 0.497 e. The smallest absolute Gasteiger partial charge is 0.340 e. The van der Waals surface area contributed by atoms with E-state index < -0.39 is 27.9 Å². The van der Waals surface area contributed by atoms with Crippen LogP contribution in [-0.4, -0.2) is 51.4 Å². The summed E-state index contributed by atoms with van der Waals surface area (Å²) >= 11 is 1.17. The summed E-state index contributed by atoms with van der Waals surface area (Å²) in [6.45, 7) is 0.251. The van der Waals surface area contributed by atoms with Gasteiger partial charge in [-0.25, -0.2) is 13.2 Å². The van der Waals surface area contributed by atoms with E-state index in [1.54, 1.807) is 23.6 Å². The normalized spacial score (nSPS) is 17.3. The van der Waals surface area contributed by atoms with Crippen molar-refractivity contribution in [2.45, 2.75) is 23.8 Å². The summed E-state index contributed by atoms with van der Waals surface area (Å²) in [5.74, 6) is -0.490. The molecule has 0 bridgehead atoms. The molecule has 1 aromatic carbocycles. The maximum atomic E-state index is 13.0. The first kappa shape index (κ1) is 20.3. The van der Waals surface area contributed by atoms with E-state index in [9.17, 15) is 18.0 Å². The zero-order valence-corrected chi connectivity index (χ0v) is 17.0. The number of hydrogen-bond donors (Lipinski definition) is 1. The summed E-state index contributed by atoms with van der Waals surface area (Å²) in [5, 5.41) is 4.67. The molecule has 0 aliphatic carbocycles. The molecule has 1 aliphatic heterocycles. The second-order valence-electron chi connectivity index (χ2n) is 6.09. The Labute approximate surface area is 167 Å². The number of anilines is 1. The average Bonchev–Trinajstić information content (AvgIpc) is 3.37. The van der Waals surface area contributed by atoms with Gasteiger partial charge in [0.05, 0.1) is 24.7 Å². The first-order valence-corrected chi connectivity index (χ1v) is 10.8. The van der Waals surface area contributed by atoms with E-state index in [1.165, 1.54) is 42.0 Å². The number of nitrogens with one attached hydrogen (secondary N) is 1. The number of carbonyl (C=O) groups excluding carboxylic acids is 2. The number of nitrogens with zero attached hydrogens (tertiary/aromatic N) is 1. The number of benzene rings is 1. The lowest BCUT2D eigenvalue weighted by Gasteiger charge is -2.23. The van der Waals surface area contributed by atoms with Crippen LogP contribution in [0.1, 0.15) is 23.2 Å². The predicted molar refractivity (Wildman–Crippen MR) is 104 cm³/mol. The molecule has 2 heterocycles. The molecule has 1 aromatic heterocycles. The number of amides is 1. The van der Waals surface area contributed by atoms with Crippen LogP contribution in [-0.2, 0) is 19.6 Å². The number of carbonyl (C=O) groups is 2. The number of ether oxygens (including phenoxy) is 2. The van der Waals surface area contributed by atoms with Crippen molar-refractivity contribution >= 4 is 38.2 Å². The lowest BCUT2D eigenvalue weighted by Crippen LogP contribution is -2.43. The van der Waals surface area contributed by atoms with Crippen LogP contribution in [0.2, 0.25) is 0 Å². The summed E-state index contributed by atoms with van der Waals surface area (Å²) in [6, 6.07) is 6.73. The summed E-state index contributed by atoms with van der Waals surface area (Å²) in [7, 11) is -1.09. The van der Waals surface area contributed by atoms with E-state index in [2.05, 4.69) is 5.32 Å². The highest BCUT2D eigenvalue weighted by Gasteiger charge is 2.39. The molecule has 8 nitrogen and oxygen atoms in total. The van der Waals surface area contributed by atoms with E-state index in [1.807, 2.05) is 0 Å². The van der Waals surface area contributed by atoms with Crippen LogP contribution in [0, 0.1) is 0 Å². The van der Waals surface area contributed by atoms with E-state index in [-0.39, 0.29) is 17.0 Å². The van der Waals surface area contributed by atoms with Crippen LogP contribution in [0.15, 0.2) is 40.6 Å². The number of hydrogen-bond acceptors (Lipinski definition) is 7. The molecule has 0 radical (unpaired) electrons. The van der Waals surface area contributed by atoms with Gasteiger partial charge in [-0.05, 0) is 48.6 Å². The maximum Gasteiger partial charge on any atom is 0.340 e. The molecule has 10 heteroatoms. The number of sulfonamides is 1. The van der Waals surface area contributed by atoms with Crippen LogP contribution in [0.25, 0.3) is 0 Å². The van der Waals surface area contributed by atoms with Crippen LogP contribution in [0.5, 0.6) is 5.75 Å². The monoisotopic (exact) mass is 424 g/mol. The van der Waals surface area contributed by atoms with Crippen molar-refractivity contribution in [3.8, 4) is 5.75 Å². The molecule has 1 N–H and O–H groups in total. The molecular formula is C18H20N2O6S2. The lowest BCUT2D eigenvalue weighted by atomic mass is 10.2. The molecular weight excluding hydrogens is 404 g/mol. The Kier molecular flexibility index (Phi) is 6.01. The van der Waals surface area contributed by atoms with Gasteiger partial charge in [-0.3, -0.25) is 4.79 Å². The summed E-state index contributed by atoms with van der Waals surface area (Å²) < 4.78 is 37.0. The first-order chi connectivity index (χ1) is 13.4. The SMILES string of the molecule is COC(=O)c1ccsc1NC(=O)C1CCCN1S(=O)(=O)c1ccc(OC)cc1. The number of esters is 1. The van der Waals surface area contributed by atoms with Crippen molar-refractivity contribution in [1.82, 2.24) is 4.31 Å². The molecule has 0 spiro atoms. The standard InChI is InChI=1S/C18H20N2O6S2/c1-25-12-5-7-13(8-6-12)28(23,24)20-10-3-4-15(20)16(21)19-17-14(9-11-27-17)18(22)26-2/h5-9,11,15H,3-4,10H2,1-2H3,(H,19,21). The minimum absolute atomic E-state index is 0.0966. The number of thiophene rings is 1. The van der Waals surface area contributed by atoms with Crippen molar-refractivity contribution in [1.29, 1.82) is 0 Å². The summed E-state index contributed by atoms with van der Waals surface area (Å²) in [5.41, 5.74) is 0.239. The minimum atomic E-state index is -3.84. The molecule has 1 amide bonds. The molecule has 0 saturated carbocycles. The van der Waals surface area contributed by atoms with E-state index >= 15 is 0 Å². The van der Waals surface area contributed by atoms with Crippen molar-refractivity contribution in [3.05, 3.63) is 41.3 Å². The van der Waals surface area contributed by atoms with Crippen molar-refractivity contribution in [2.24, 2.45) is 0 Å². The van der Waals surface area contributed by atoms with E-state index in [0.717, 1.165) is 0 Å². The fourth-order valence-electron chi connectivity index (χ4n) is 3.04. The fraction of sp³-hybridized carbons (Fsp3) is 0.333. The molecule has 28 heavy (non-hydrogen) atoms. The highest BCUT2D eigenvalue weighted by Crippen LogP contribution is 2.30. The quantitative estimate of drug-likeness (QED) is 0.714. The van der Waals surface area contributed by atoms with Gasteiger partial charge in [0.2, 0.25) is 15.9 Å². The lowest BCUT2D eigenvalue weighted by molar-refractivity contribution is -0.119. The van der Waals surface area contributed by atoms with Crippen LogP contribution < -0.4 is 10.1 Å². The molecule has 1 saturated heterocycles. The highest BCUT2D eigenvalue weighted by atomic mass is 32.2. The fourth-order valence-corrected chi connectivity index (χ4v) is 5.48. The zero-order chi connectivity index (χ0) is 20.3. The number of rotatable bonds is 6. The van der Waals surface area contributed by atoms with Gasteiger partial charge in [-0.1, -0.05) is 0 Å². The molecule has 2 aromatic rings. The Hall–Kier alpha value is -2.43. The summed E-state index contributed by atoms with van der Waals surface area (Å²) in [6.07, 6.45) is 0.974. The van der Waals surface area contributed by atoms with Crippen molar-refractivity contribution < 1.29 is 27.5 Å². The van der Waals surface area contributed by atoms with Gasteiger partial charge in [0.25, 0.3) is 0 Å². The Morgan fingerprint density at radius 1 is 1.18 bits per heavy atom. The van der Waals surface area contributed by atoms with Crippen LogP contribution >= 0.6 is 11.3 Å². The van der Waals surface area contributed by atoms with Gasteiger partial charge < -0.3 is 14.8 Å². The van der Waals surface area contributed by atoms with E-state index in [4.69, 9.17) is 9.47 Å². The highest BCUT2D eigenvalue weighted by molar-refractivity contribution is 7.89. The van der Waals surface area contributed by atoms with Gasteiger partial charge in [0, 0.05) is 6.54 Å². The predicted octanol–water partition coefficient (Wildman–Crippen LogP) is 2.34. The van der Waals surface area contributed by atoms with Crippen LogP contribution in [0.4, 0.5) is 5.00 Å². The Bertz CT molecular complexity index is 968. The van der Waals surface area contributed by atoms with Crippen molar-refractivity contribution in [2.75, 3.05) is 26.1 Å².